The van der Waals surface area contributed by atoms with Gasteiger partial charge in [0.2, 0.25) is 5.91 Å². The number of amides is 1. The van der Waals surface area contributed by atoms with Gasteiger partial charge in [-0.05, 0) is 19.3 Å². The van der Waals surface area contributed by atoms with Crippen molar-refractivity contribution >= 4 is 17.2 Å². The molecule has 2 rings (SSSR count). The van der Waals surface area contributed by atoms with Crippen molar-refractivity contribution in [3.63, 3.8) is 0 Å². The second-order valence-electron chi connectivity index (χ2n) is 4.97. The molecule has 0 radical (unpaired) electrons. The third-order valence-electron chi connectivity index (χ3n) is 3.34. The quantitative estimate of drug-likeness (QED) is 0.900. The normalized spacial score (nSPS) is 23.6. The van der Waals surface area contributed by atoms with Crippen molar-refractivity contribution in [1.29, 1.82) is 0 Å². The summed E-state index contributed by atoms with van der Waals surface area (Å²) in [7, 11) is 0. The Labute approximate surface area is 118 Å². The van der Waals surface area contributed by atoms with E-state index in [2.05, 4.69) is 10.3 Å². The van der Waals surface area contributed by atoms with Gasteiger partial charge >= 0.3 is 6.18 Å². The van der Waals surface area contributed by atoms with Crippen molar-refractivity contribution in [1.82, 2.24) is 10.3 Å². The molecular weight excluding hydrogens is 291 g/mol. The number of thiazole rings is 1. The lowest BCUT2D eigenvalue weighted by atomic mass is 9.85. The third kappa shape index (κ3) is 3.92. The number of nitrogens with two attached hydrogens (primary N) is 1. The van der Waals surface area contributed by atoms with Crippen LogP contribution < -0.4 is 11.1 Å². The summed E-state index contributed by atoms with van der Waals surface area (Å²) in [5.74, 6) is -0.287. The highest BCUT2D eigenvalue weighted by Gasteiger charge is 2.33. The van der Waals surface area contributed by atoms with Crippen LogP contribution in [0.25, 0.3) is 0 Å². The first-order chi connectivity index (χ1) is 9.36. The van der Waals surface area contributed by atoms with Gasteiger partial charge < -0.3 is 11.1 Å². The van der Waals surface area contributed by atoms with Crippen LogP contribution in [0, 0.1) is 5.92 Å². The number of hydrogen-bond acceptors (Lipinski definition) is 4. The van der Waals surface area contributed by atoms with Gasteiger partial charge in [-0.25, -0.2) is 4.98 Å². The topological polar surface area (TPSA) is 68.0 Å². The number of nitrogens with zero attached hydrogens (tertiary/aromatic N) is 1. The molecule has 20 heavy (non-hydrogen) atoms. The smallest absolute Gasteiger partial charge is 0.349 e. The van der Waals surface area contributed by atoms with Gasteiger partial charge in [0.05, 0.1) is 6.54 Å². The van der Waals surface area contributed by atoms with Crippen LogP contribution in [-0.4, -0.2) is 16.9 Å². The largest absolute Gasteiger partial charge is 0.434 e. The molecule has 1 fully saturated rings. The van der Waals surface area contributed by atoms with Gasteiger partial charge in [-0.2, -0.15) is 13.2 Å². The summed E-state index contributed by atoms with van der Waals surface area (Å²) in [5, 5.41) is 3.85. The minimum absolute atomic E-state index is 0.0331. The molecule has 1 aliphatic rings. The van der Waals surface area contributed by atoms with Crippen LogP contribution in [0.5, 0.6) is 0 Å². The Morgan fingerprint density at radius 2 is 2.25 bits per heavy atom. The van der Waals surface area contributed by atoms with Crippen LogP contribution in [0.4, 0.5) is 13.2 Å². The van der Waals surface area contributed by atoms with Crippen LogP contribution in [-0.2, 0) is 17.5 Å². The summed E-state index contributed by atoms with van der Waals surface area (Å²) >= 11 is 0.895. The highest BCUT2D eigenvalue weighted by atomic mass is 32.1. The minimum atomic E-state index is -4.44. The average Bonchev–Trinajstić information content (AvgIpc) is 2.84. The van der Waals surface area contributed by atoms with Gasteiger partial charge in [0.1, 0.15) is 5.01 Å². The van der Waals surface area contributed by atoms with E-state index >= 15 is 0 Å². The van der Waals surface area contributed by atoms with Gasteiger partial charge in [0, 0.05) is 17.3 Å². The molecule has 0 spiro atoms. The van der Waals surface area contributed by atoms with E-state index in [1.165, 1.54) is 0 Å². The van der Waals surface area contributed by atoms with Crippen LogP contribution in [0.3, 0.4) is 0 Å². The first-order valence-electron chi connectivity index (χ1n) is 6.41. The van der Waals surface area contributed by atoms with E-state index in [0.717, 1.165) is 36.0 Å². The van der Waals surface area contributed by atoms with E-state index < -0.39 is 11.9 Å². The molecule has 1 aromatic rings. The zero-order valence-electron chi connectivity index (χ0n) is 10.7. The molecule has 1 amide bonds. The molecule has 0 aromatic carbocycles. The Bertz CT molecular complexity index is 475. The predicted molar refractivity (Wildman–Crippen MR) is 68.9 cm³/mol. The van der Waals surface area contributed by atoms with Crippen molar-refractivity contribution in [3.8, 4) is 0 Å². The van der Waals surface area contributed by atoms with Crippen LogP contribution in [0.1, 0.15) is 36.4 Å². The second kappa shape index (κ2) is 6.09. The van der Waals surface area contributed by atoms with Crippen molar-refractivity contribution in [2.24, 2.45) is 11.7 Å². The summed E-state index contributed by atoms with van der Waals surface area (Å²) in [5.41, 5.74) is 4.90. The fourth-order valence-corrected chi connectivity index (χ4v) is 3.04. The van der Waals surface area contributed by atoms with Crippen molar-refractivity contribution in [3.05, 3.63) is 16.1 Å². The van der Waals surface area contributed by atoms with Gasteiger partial charge in [-0.1, -0.05) is 6.42 Å². The number of nitrogens with one attached hydrogen (secondary N) is 1. The van der Waals surface area contributed by atoms with Crippen LogP contribution >= 0.6 is 11.3 Å². The molecule has 112 valence electrons. The monoisotopic (exact) mass is 307 g/mol. The highest BCUT2D eigenvalue weighted by molar-refractivity contribution is 7.09. The molecule has 0 aliphatic heterocycles. The Hall–Kier alpha value is -1.15. The van der Waals surface area contributed by atoms with Gasteiger partial charge in [0.25, 0.3) is 0 Å². The molecular formula is C12H16F3N3OS. The summed E-state index contributed by atoms with van der Waals surface area (Å²) < 4.78 is 37.1. The van der Waals surface area contributed by atoms with E-state index in [-0.39, 0.29) is 29.4 Å². The summed E-state index contributed by atoms with van der Waals surface area (Å²) in [6.07, 6.45) is -1.18. The molecule has 4 nitrogen and oxygen atoms in total. The lowest BCUT2D eigenvalue weighted by molar-refractivity contribution is -0.140. The minimum Gasteiger partial charge on any atom is -0.349 e. The first kappa shape index (κ1) is 15.2. The Kier molecular flexibility index (Phi) is 4.64. The molecule has 1 heterocycles. The zero-order chi connectivity index (χ0) is 14.8. The Balaban J connectivity index is 1.85. The molecule has 1 saturated carbocycles. The van der Waals surface area contributed by atoms with E-state index in [4.69, 9.17) is 5.73 Å². The number of halogens is 3. The molecule has 2 unspecified atom stereocenters. The number of rotatable bonds is 3. The lowest BCUT2D eigenvalue weighted by Gasteiger charge is -2.25. The van der Waals surface area contributed by atoms with Gasteiger partial charge in [0.15, 0.2) is 5.69 Å². The van der Waals surface area contributed by atoms with Crippen molar-refractivity contribution in [2.75, 3.05) is 0 Å². The fraction of sp³-hybridized carbons (Fsp3) is 0.667. The number of hydrogen-bond donors (Lipinski definition) is 2. The van der Waals surface area contributed by atoms with Gasteiger partial charge in [-0.3, -0.25) is 4.79 Å². The molecule has 3 N–H and O–H groups in total. The third-order valence-corrected chi connectivity index (χ3v) is 4.19. The van der Waals surface area contributed by atoms with E-state index in [9.17, 15) is 18.0 Å². The SMILES string of the molecule is NC1CCCC(C(=O)NCc2nc(C(F)(F)F)cs2)C1. The molecule has 8 heteroatoms. The predicted octanol–water partition coefficient (Wildman–Crippen LogP) is 2.30. The number of carbonyl (C=O) groups is 1. The summed E-state index contributed by atoms with van der Waals surface area (Å²) in [4.78, 5) is 15.4. The molecule has 1 aliphatic carbocycles. The van der Waals surface area contributed by atoms with Crippen molar-refractivity contribution < 1.29 is 18.0 Å². The summed E-state index contributed by atoms with van der Waals surface area (Å²) in [6.45, 7) is 0.0331. The number of carbonyl (C=O) groups excluding carboxylic acids is 1. The zero-order valence-corrected chi connectivity index (χ0v) is 11.6. The maximum atomic E-state index is 12.4. The standard InChI is InChI=1S/C12H16F3N3OS/c13-12(14,15)9-6-20-10(18-9)5-17-11(19)7-2-1-3-8(16)4-7/h6-8H,1-5,16H2,(H,17,19). The Morgan fingerprint density at radius 3 is 2.85 bits per heavy atom. The molecule has 0 saturated heterocycles. The Morgan fingerprint density at radius 1 is 1.50 bits per heavy atom. The fourth-order valence-electron chi connectivity index (χ4n) is 2.30. The second-order valence-corrected chi connectivity index (χ2v) is 5.91. The van der Waals surface area contributed by atoms with E-state index in [1.807, 2.05) is 0 Å². The average molecular weight is 307 g/mol. The maximum absolute atomic E-state index is 12.4. The van der Waals surface area contributed by atoms with E-state index in [1.54, 1.807) is 0 Å². The number of aromatic nitrogens is 1. The summed E-state index contributed by atoms with van der Waals surface area (Å²) in [6, 6.07) is 0.0381. The lowest BCUT2D eigenvalue weighted by Crippen LogP contribution is -2.37. The maximum Gasteiger partial charge on any atom is 0.434 e. The molecule has 1 aromatic heterocycles. The van der Waals surface area contributed by atoms with Gasteiger partial charge in [-0.15, -0.1) is 11.3 Å². The highest BCUT2D eigenvalue weighted by Crippen LogP contribution is 2.30. The first-order valence-corrected chi connectivity index (χ1v) is 7.29. The number of alkyl halides is 3. The van der Waals surface area contributed by atoms with E-state index in [0.29, 0.717) is 6.42 Å². The van der Waals surface area contributed by atoms with Crippen LogP contribution in [0.2, 0.25) is 0 Å². The van der Waals surface area contributed by atoms with Crippen molar-refractivity contribution in [2.45, 2.75) is 44.4 Å². The van der Waals surface area contributed by atoms with Crippen LogP contribution in [0.15, 0.2) is 5.38 Å². The molecule has 2 atom stereocenters. The molecule has 0 bridgehead atoms.